The number of carboxylic acids is 2. The summed E-state index contributed by atoms with van der Waals surface area (Å²) in [5.74, 6) is -0.801. The second kappa shape index (κ2) is 21.2. The third-order valence-electron chi connectivity index (χ3n) is 14.7. The molecule has 0 aliphatic heterocycles. The van der Waals surface area contributed by atoms with E-state index < -0.39 is 11.9 Å². The molecule has 6 nitrogen and oxygen atoms in total. The normalized spacial score (nSPS) is 11.3. The van der Waals surface area contributed by atoms with Crippen LogP contribution in [-0.4, -0.2) is 35.4 Å². The molecule has 0 fully saturated rings. The molecule has 0 bridgehead atoms. The Morgan fingerprint density at radius 1 is 0.299 bits per heavy atom. The van der Waals surface area contributed by atoms with E-state index in [1.165, 1.54) is 0 Å². The molecule has 12 rings (SSSR count). The standard InChI is InChI=1S/C71H52O6/c72-70(73)66-58(46-24-6-1-7-25-46)42-50-32-14-18-36-54(50)62(66)64-56-38-20-16-34-52(56)44-60(48-28-10-3-11-29-48)68(64)76-40-22-5-23-41-77-69-61(49-30-12-4-13-31-49)45-53-35-17-21-39-57(53)65(69)63-55-37-19-15-33-51(55)43-59(67(63)71(74)75)47-26-8-2-9-27-47/h1-4,6-21,24-39,42-45H,5,22-23,40-41H2,(H,72,73)(H,74,75). The number of hydrogen-bond acceptors (Lipinski definition) is 4. The van der Waals surface area contributed by atoms with Crippen LogP contribution in [0.2, 0.25) is 0 Å². The Labute approximate surface area is 446 Å². The molecule has 12 aromatic carbocycles. The van der Waals surface area contributed by atoms with E-state index in [1.54, 1.807) is 0 Å². The maximum Gasteiger partial charge on any atom is 0.336 e. The molecule has 6 heteroatoms. The van der Waals surface area contributed by atoms with Crippen LogP contribution in [0.3, 0.4) is 0 Å². The Hall–Kier alpha value is -9.78. The zero-order chi connectivity index (χ0) is 52.2. The number of ether oxygens (including phenoxy) is 2. The Morgan fingerprint density at radius 2 is 0.558 bits per heavy atom. The second-order valence-corrected chi connectivity index (χ2v) is 19.3. The van der Waals surface area contributed by atoms with E-state index >= 15 is 0 Å². The summed E-state index contributed by atoms with van der Waals surface area (Å²) in [5.41, 5.74) is 9.66. The van der Waals surface area contributed by atoms with Crippen LogP contribution in [0.25, 0.3) is 110 Å². The van der Waals surface area contributed by atoms with Crippen LogP contribution in [0.5, 0.6) is 11.5 Å². The molecule has 0 aliphatic carbocycles. The van der Waals surface area contributed by atoms with E-state index in [0.29, 0.717) is 59.8 Å². The van der Waals surface area contributed by atoms with Gasteiger partial charge in [-0.25, -0.2) is 9.59 Å². The van der Waals surface area contributed by atoms with Crippen molar-refractivity contribution in [2.75, 3.05) is 13.2 Å². The topological polar surface area (TPSA) is 93.1 Å². The Morgan fingerprint density at radius 3 is 0.870 bits per heavy atom. The first-order chi connectivity index (χ1) is 37.9. The highest BCUT2D eigenvalue weighted by molar-refractivity contribution is 6.20. The van der Waals surface area contributed by atoms with Gasteiger partial charge in [0.1, 0.15) is 11.5 Å². The molecule has 372 valence electrons. The third-order valence-corrected chi connectivity index (χ3v) is 14.7. The van der Waals surface area contributed by atoms with Crippen LogP contribution in [0.1, 0.15) is 40.0 Å². The van der Waals surface area contributed by atoms with Gasteiger partial charge >= 0.3 is 11.9 Å². The van der Waals surface area contributed by atoms with Gasteiger partial charge in [0.2, 0.25) is 0 Å². The molecule has 0 radical (unpaired) electrons. The van der Waals surface area contributed by atoms with E-state index in [-0.39, 0.29) is 11.1 Å². The van der Waals surface area contributed by atoms with Gasteiger partial charge in [-0.2, -0.15) is 0 Å². The molecule has 0 aromatic heterocycles. The Bertz CT molecular complexity index is 3900. The number of carbonyl (C=O) groups is 2. The molecule has 77 heavy (non-hydrogen) atoms. The van der Waals surface area contributed by atoms with Gasteiger partial charge in [0.25, 0.3) is 0 Å². The largest absolute Gasteiger partial charge is 0.492 e. The molecular weight excluding hydrogens is 949 g/mol. The van der Waals surface area contributed by atoms with Gasteiger partial charge in [-0.3, -0.25) is 0 Å². The average Bonchev–Trinajstić information content (AvgIpc) is 3.49. The SMILES string of the molecule is O=C(O)c1c(-c2ccccc2)cc2ccccc2c1-c1c(OCCCCCOc2c(-c3ccccc3)cc3ccccc3c2-c2c(C(=O)O)c(-c3ccccc3)cc3ccccc23)c(-c2ccccc2)cc2ccccc12. The van der Waals surface area contributed by atoms with Crippen LogP contribution in [-0.2, 0) is 0 Å². The van der Waals surface area contributed by atoms with Gasteiger partial charge < -0.3 is 19.7 Å². The molecular formula is C71H52O6. The first-order valence-electron chi connectivity index (χ1n) is 26.1. The summed E-state index contributed by atoms with van der Waals surface area (Å²) in [5, 5.41) is 29.9. The first-order valence-corrected chi connectivity index (χ1v) is 26.1. The minimum atomic E-state index is -1.02. The lowest BCUT2D eigenvalue weighted by Gasteiger charge is -2.23. The highest BCUT2D eigenvalue weighted by Gasteiger charge is 2.29. The van der Waals surface area contributed by atoms with E-state index in [0.717, 1.165) is 94.0 Å². The fourth-order valence-electron chi connectivity index (χ4n) is 11.2. The van der Waals surface area contributed by atoms with Crippen LogP contribution >= 0.6 is 0 Å². The van der Waals surface area contributed by atoms with Crippen molar-refractivity contribution in [3.8, 4) is 78.3 Å². The van der Waals surface area contributed by atoms with E-state index in [4.69, 9.17) is 9.47 Å². The number of hydrogen-bond donors (Lipinski definition) is 2. The smallest absolute Gasteiger partial charge is 0.336 e. The summed E-state index contributed by atoms with van der Waals surface area (Å²) in [6.07, 6.45) is 2.08. The molecule has 0 spiro atoms. The van der Waals surface area contributed by atoms with Crippen LogP contribution in [0.4, 0.5) is 0 Å². The Balaban J connectivity index is 0.932. The minimum Gasteiger partial charge on any atom is -0.492 e. The number of rotatable bonds is 16. The molecule has 0 amide bonds. The Kier molecular flexibility index (Phi) is 13.3. The molecule has 0 unspecified atom stereocenters. The van der Waals surface area contributed by atoms with Crippen molar-refractivity contribution in [2.24, 2.45) is 0 Å². The summed E-state index contributed by atoms with van der Waals surface area (Å²) in [7, 11) is 0. The molecule has 0 saturated heterocycles. The lowest BCUT2D eigenvalue weighted by atomic mass is 9.83. The number of unbranched alkanes of at least 4 members (excludes halogenated alkanes) is 2. The zero-order valence-corrected chi connectivity index (χ0v) is 42.2. The fraction of sp³-hybridized carbons (Fsp3) is 0.0704. The highest BCUT2D eigenvalue weighted by Crippen LogP contribution is 2.52. The quantitative estimate of drug-likeness (QED) is 0.0937. The summed E-state index contributed by atoms with van der Waals surface area (Å²) in [4.78, 5) is 27.7. The molecule has 12 aromatic rings. The van der Waals surface area contributed by atoms with Crippen molar-refractivity contribution < 1.29 is 29.3 Å². The summed E-state index contributed by atoms with van der Waals surface area (Å²) >= 11 is 0. The van der Waals surface area contributed by atoms with Gasteiger partial charge in [0.15, 0.2) is 0 Å². The average molecular weight is 1000 g/mol. The van der Waals surface area contributed by atoms with E-state index in [2.05, 4.69) is 60.7 Å². The maximum atomic E-state index is 13.9. The van der Waals surface area contributed by atoms with Crippen LogP contribution in [0, 0.1) is 0 Å². The van der Waals surface area contributed by atoms with Crippen LogP contribution < -0.4 is 9.47 Å². The van der Waals surface area contributed by atoms with Gasteiger partial charge in [0.05, 0.1) is 24.3 Å². The molecule has 0 aliphatic rings. The molecule has 0 atom stereocenters. The number of carboxylic acid groups (broad SMARTS) is 2. The van der Waals surface area contributed by atoms with Crippen molar-refractivity contribution in [3.05, 3.63) is 254 Å². The second-order valence-electron chi connectivity index (χ2n) is 19.3. The zero-order valence-electron chi connectivity index (χ0n) is 42.2. The van der Waals surface area contributed by atoms with Gasteiger partial charge in [0, 0.05) is 33.4 Å². The molecule has 0 saturated carbocycles. The van der Waals surface area contributed by atoms with Gasteiger partial charge in [-0.1, -0.05) is 218 Å². The lowest BCUT2D eigenvalue weighted by molar-refractivity contribution is 0.0687. The summed E-state index contributed by atoms with van der Waals surface area (Å²) < 4.78 is 14.2. The van der Waals surface area contributed by atoms with E-state index in [1.807, 2.05) is 182 Å². The minimum absolute atomic E-state index is 0.213. The lowest BCUT2D eigenvalue weighted by Crippen LogP contribution is -2.08. The van der Waals surface area contributed by atoms with Crippen molar-refractivity contribution in [2.45, 2.75) is 19.3 Å². The van der Waals surface area contributed by atoms with Crippen molar-refractivity contribution in [3.63, 3.8) is 0 Å². The summed E-state index contributed by atoms with van der Waals surface area (Å²) in [6, 6.07) is 80.4. The first kappa shape index (κ1) is 48.2. The molecule has 2 N–H and O–H groups in total. The fourth-order valence-corrected chi connectivity index (χ4v) is 11.2. The van der Waals surface area contributed by atoms with Gasteiger partial charge in [-0.15, -0.1) is 0 Å². The van der Waals surface area contributed by atoms with Crippen LogP contribution in [0.15, 0.2) is 243 Å². The summed E-state index contributed by atoms with van der Waals surface area (Å²) in [6.45, 7) is 0.696. The highest BCUT2D eigenvalue weighted by atomic mass is 16.5. The van der Waals surface area contributed by atoms with Crippen molar-refractivity contribution >= 4 is 55.0 Å². The monoisotopic (exact) mass is 1000 g/mol. The predicted molar refractivity (Wildman–Crippen MR) is 314 cm³/mol. The van der Waals surface area contributed by atoms with Crippen molar-refractivity contribution in [1.82, 2.24) is 0 Å². The number of fused-ring (bicyclic) bond motifs is 4. The third kappa shape index (κ3) is 9.21. The number of benzene rings is 12. The van der Waals surface area contributed by atoms with E-state index in [9.17, 15) is 19.8 Å². The van der Waals surface area contributed by atoms with Gasteiger partial charge in [-0.05, 0) is 120 Å². The number of aromatic carboxylic acids is 2. The predicted octanol–water partition coefficient (Wildman–Crippen LogP) is 18.3. The molecule has 0 heterocycles. The maximum absolute atomic E-state index is 13.9. The van der Waals surface area contributed by atoms with Crippen molar-refractivity contribution in [1.29, 1.82) is 0 Å².